The molecule has 4 nitrogen and oxygen atoms in total. The molecule has 0 saturated carbocycles. The van der Waals surface area contributed by atoms with Crippen LogP contribution in [0.3, 0.4) is 0 Å². The molecular formula is C16H24N4. The summed E-state index contributed by atoms with van der Waals surface area (Å²) in [5, 5.41) is 3.57. The lowest BCUT2D eigenvalue weighted by Gasteiger charge is -2.15. The average Bonchev–Trinajstić information content (AvgIpc) is 2.81. The maximum Gasteiger partial charge on any atom is 0.105 e. The van der Waals surface area contributed by atoms with E-state index in [0.717, 1.165) is 31.0 Å². The molecule has 1 N–H and O–H groups in total. The summed E-state index contributed by atoms with van der Waals surface area (Å²) in [5.41, 5.74) is 3.67. The van der Waals surface area contributed by atoms with Crippen LogP contribution in [-0.4, -0.2) is 20.6 Å². The first-order valence-electron chi connectivity index (χ1n) is 7.19. The summed E-state index contributed by atoms with van der Waals surface area (Å²) in [7, 11) is 0. The third-order valence-corrected chi connectivity index (χ3v) is 3.72. The number of hydrogen-bond donors (Lipinski definition) is 1. The minimum Gasteiger partial charge on any atom is -0.335 e. The molecule has 2 aromatic rings. The van der Waals surface area contributed by atoms with Crippen molar-refractivity contribution in [2.45, 2.75) is 53.2 Å². The summed E-state index contributed by atoms with van der Waals surface area (Å²) in [6.07, 6.45) is 6.96. The predicted molar refractivity (Wildman–Crippen MR) is 81.6 cm³/mol. The van der Waals surface area contributed by atoms with Crippen LogP contribution in [0.1, 0.15) is 36.0 Å². The molecule has 0 spiro atoms. The molecule has 0 aromatic carbocycles. The fourth-order valence-electron chi connectivity index (χ4n) is 2.27. The van der Waals surface area contributed by atoms with Crippen LogP contribution in [-0.2, 0) is 13.1 Å². The van der Waals surface area contributed by atoms with Crippen LogP contribution in [0.2, 0.25) is 0 Å². The number of aryl methyl sites for hydroxylation is 4. The number of nitrogens with one attached hydrogen (secondary N) is 1. The van der Waals surface area contributed by atoms with Gasteiger partial charge in [-0.2, -0.15) is 0 Å². The minimum atomic E-state index is 0.470. The lowest BCUT2D eigenvalue weighted by molar-refractivity contribution is 0.471. The number of hydrogen-bond acceptors (Lipinski definition) is 3. The van der Waals surface area contributed by atoms with Crippen LogP contribution in [0.15, 0.2) is 24.7 Å². The van der Waals surface area contributed by atoms with Crippen LogP contribution in [0.25, 0.3) is 0 Å². The summed E-state index contributed by atoms with van der Waals surface area (Å²) in [4.78, 5) is 8.61. The summed E-state index contributed by atoms with van der Waals surface area (Å²) in [6.45, 7) is 10.3. The van der Waals surface area contributed by atoms with E-state index in [1.807, 2.05) is 32.4 Å². The molecule has 0 radical (unpaired) electrons. The second-order valence-electron chi connectivity index (χ2n) is 5.49. The van der Waals surface area contributed by atoms with Gasteiger partial charge in [0.25, 0.3) is 0 Å². The quantitative estimate of drug-likeness (QED) is 0.879. The number of aromatic nitrogens is 3. The summed E-state index contributed by atoms with van der Waals surface area (Å²) >= 11 is 0. The number of pyridine rings is 1. The van der Waals surface area contributed by atoms with Crippen molar-refractivity contribution in [1.29, 1.82) is 0 Å². The highest BCUT2D eigenvalue weighted by atomic mass is 15.1. The van der Waals surface area contributed by atoms with Crippen LogP contribution >= 0.6 is 0 Å². The van der Waals surface area contributed by atoms with Crippen LogP contribution in [0, 0.1) is 20.8 Å². The molecule has 0 amide bonds. The van der Waals surface area contributed by atoms with Crippen molar-refractivity contribution in [2.24, 2.45) is 0 Å². The molecule has 2 heterocycles. The van der Waals surface area contributed by atoms with E-state index in [2.05, 4.69) is 39.8 Å². The van der Waals surface area contributed by atoms with Crippen LogP contribution in [0.4, 0.5) is 0 Å². The zero-order valence-electron chi connectivity index (χ0n) is 12.8. The van der Waals surface area contributed by atoms with Crippen molar-refractivity contribution in [1.82, 2.24) is 19.9 Å². The van der Waals surface area contributed by atoms with E-state index in [1.54, 1.807) is 0 Å². The lowest BCUT2D eigenvalue weighted by Crippen LogP contribution is -2.27. The molecule has 0 saturated heterocycles. The SMILES string of the molecule is Cc1cc(C)c(CNC(C)CCn2ccnc2C)cn1. The largest absolute Gasteiger partial charge is 0.335 e. The number of rotatable bonds is 6. The highest BCUT2D eigenvalue weighted by molar-refractivity contribution is 5.24. The van der Waals surface area contributed by atoms with Gasteiger partial charge in [-0.15, -0.1) is 0 Å². The second-order valence-corrected chi connectivity index (χ2v) is 5.49. The fraction of sp³-hybridized carbons (Fsp3) is 0.500. The van der Waals surface area contributed by atoms with Gasteiger partial charge in [-0.25, -0.2) is 4.98 Å². The van der Waals surface area contributed by atoms with Crippen molar-refractivity contribution in [3.8, 4) is 0 Å². The topological polar surface area (TPSA) is 42.7 Å². The van der Waals surface area contributed by atoms with Gasteiger partial charge in [-0.05, 0) is 51.3 Å². The van der Waals surface area contributed by atoms with E-state index < -0.39 is 0 Å². The minimum absolute atomic E-state index is 0.470. The summed E-state index contributed by atoms with van der Waals surface area (Å²) < 4.78 is 2.19. The number of nitrogens with zero attached hydrogens (tertiary/aromatic N) is 3. The fourth-order valence-corrected chi connectivity index (χ4v) is 2.27. The third kappa shape index (κ3) is 3.90. The Morgan fingerprint density at radius 3 is 2.70 bits per heavy atom. The zero-order valence-corrected chi connectivity index (χ0v) is 12.8. The maximum atomic E-state index is 4.36. The molecule has 20 heavy (non-hydrogen) atoms. The van der Waals surface area contributed by atoms with Crippen LogP contribution < -0.4 is 5.32 Å². The lowest BCUT2D eigenvalue weighted by atomic mass is 10.1. The average molecular weight is 272 g/mol. The number of imidazole rings is 1. The Morgan fingerprint density at radius 2 is 2.05 bits per heavy atom. The van der Waals surface area contributed by atoms with Crippen molar-refractivity contribution < 1.29 is 0 Å². The smallest absolute Gasteiger partial charge is 0.105 e. The van der Waals surface area contributed by atoms with Gasteiger partial charge in [0, 0.05) is 43.4 Å². The molecule has 2 rings (SSSR count). The van der Waals surface area contributed by atoms with E-state index >= 15 is 0 Å². The maximum absolute atomic E-state index is 4.36. The van der Waals surface area contributed by atoms with Crippen molar-refractivity contribution in [3.05, 3.63) is 47.3 Å². The molecule has 2 aromatic heterocycles. The van der Waals surface area contributed by atoms with Gasteiger partial charge in [-0.1, -0.05) is 0 Å². The molecule has 0 aliphatic heterocycles. The Morgan fingerprint density at radius 1 is 1.25 bits per heavy atom. The Bertz CT molecular complexity index is 559. The van der Waals surface area contributed by atoms with E-state index in [1.165, 1.54) is 11.1 Å². The molecule has 4 heteroatoms. The van der Waals surface area contributed by atoms with Gasteiger partial charge in [0.1, 0.15) is 5.82 Å². The van der Waals surface area contributed by atoms with Gasteiger partial charge in [0.15, 0.2) is 0 Å². The van der Waals surface area contributed by atoms with Gasteiger partial charge in [0.2, 0.25) is 0 Å². The molecule has 1 atom stereocenters. The first-order chi connectivity index (χ1) is 9.56. The summed E-state index contributed by atoms with van der Waals surface area (Å²) in [6, 6.07) is 2.61. The monoisotopic (exact) mass is 272 g/mol. The highest BCUT2D eigenvalue weighted by Gasteiger charge is 2.05. The Balaban J connectivity index is 1.80. The molecule has 0 fully saturated rings. The van der Waals surface area contributed by atoms with E-state index in [9.17, 15) is 0 Å². The zero-order chi connectivity index (χ0) is 14.5. The summed E-state index contributed by atoms with van der Waals surface area (Å²) in [5.74, 6) is 1.08. The van der Waals surface area contributed by atoms with Crippen molar-refractivity contribution in [3.63, 3.8) is 0 Å². The van der Waals surface area contributed by atoms with E-state index in [0.29, 0.717) is 6.04 Å². The van der Waals surface area contributed by atoms with Gasteiger partial charge < -0.3 is 9.88 Å². The first-order valence-corrected chi connectivity index (χ1v) is 7.19. The molecule has 1 unspecified atom stereocenters. The first kappa shape index (κ1) is 14.7. The normalized spacial score (nSPS) is 12.6. The predicted octanol–water partition coefficient (Wildman–Crippen LogP) is 2.77. The molecule has 0 aliphatic rings. The molecule has 108 valence electrons. The van der Waals surface area contributed by atoms with Crippen molar-refractivity contribution in [2.75, 3.05) is 0 Å². The highest BCUT2D eigenvalue weighted by Crippen LogP contribution is 2.08. The molecule has 0 bridgehead atoms. The molecule has 0 aliphatic carbocycles. The van der Waals surface area contributed by atoms with Gasteiger partial charge >= 0.3 is 0 Å². The standard InChI is InChI=1S/C16H24N4/c1-12-9-14(3)19-11-16(12)10-18-13(2)5-7-20-8-6-17-15(20)4/h6,8-9,11,13,18H,5,7,10H2,1-4H3. The van der Waals surface area contributed by atoms with Crippen molar-refractivity contribution >= 4 is 0 Å². The Hall–Kier alpha value is -1.68. The molecular weight excluding hydrogens is 248 g/mol. The van der Waals surface area contributed by atoms with Gasteiger partial charge in [-0.3, -0.25) is 4.98 Å². The Kier molecular flexibility index (Phi) is 4.90. The van der Waals surface area contributed by atoms with Gasteiger partial charge in [0.05, 0.1) is 0 Å². The second kappa shape index (κ2) is 6.66. The van der Waals surface area contributed by atoms with Crippen LogP contribution in [0.5, 0.6) is 0 Å². The third-order valence-electron chi connectivity index (χ3n) is 3.72. The van der Waals surface area contributed by atoms with E-state index in [4.69, 9.17) is 0 Å². The Labute approximate surface area is 121 Å². The van der Waals surface area contributed by atoms with E-state index in [-0.39, 0.29) is 0 Å².